The first-order valence-electron chi connectivity index (χ1n) is 5.19. The van der Waals surface area contributed by atoms with E-state index in [1.807, 2.05) is 0 Å². The normalized spacial score (nSPS) is 23.4. The number of piperidine rings is 1. The molecule has 0 saturated carbocycles. The number of nitrogens with one attached hydrogen (secondary N) is 1. The van der Waals surface area contributed by atoms with Gasteiger partial charge >= 0.3 is 0 Å². The second-order valence-corrected chi connectivity index (χ2v) is 3.89. The Labute approximate surface area is 85.6 Å². The first-order valence-corrected chi connectivity index (χ1v) is 5.19. The molecular weight excluding hydrogens is 180 g/mol. The van der Waals surface area contributed by atoms with Crippen molar-refractivity contribution in [2.75, 3.05) is 40.4 Å². The molecule has 4 nitrogen and oxygen atoms in total. The molecule has 1 unspecified atom stereocenters. The fraction of sp³-hybridized carbons (Fsp3) is 0.900. The highest BCUT2D eigenvalue weighted by molar-refractivity contribution is 5.78. The number of nitrogens with zero attached hydrogens (tertiary/aromatic N) is 1. The number of methoxy groups -OCH3 is 1. The number of carbonyl (C=O) groups excluding carboxylic acids is 1. The zero-order valence-electron chi connectivity index (χ0n) is 9.08. The lowest BCUT2D eigenvalue weighted by molar-refractivity contribution is -0.126. The fourth-order valence-corrected chi connectivity index (χ4v) is 1.80. The third-order valence-corrected chi connectivity index (χ3v) is 2.60. The summed E-state index contributed by atoms with van der Waals surface area (Å²) in [7, 11) is 3.70. The van der Waals surface area contributed by atoms with Gasteiger partial charge in [-0.05, 0) is 26.4 Å². The Morgan fingerprint density at radius 3 is 3.07 bits per heavy atom. The Kier molecular flexibility index (Phi) is 4.90. The monoisotopic (exact) mass is 200 g/mol. The number of carbonyl (C=O) groups is 1. The number of rotatable bonds is 4. The van der Waals surface area contributed by atoms with Crippen molar-refractivity contribution in [2.45, 2.75) is 12.8 Å². The molecule has 1 atom stereocenters. The average molecular weight is 200 g/mol. The second-order valence-electron chi connectivity index (χ2n) is 3.89. The van der Waals surface area contributed by atoms with Crippen LogP contribution in [0.4, 0.5) is 0 Å². The molecule has 1 N–H and O–H groups in total. The fourth-order valence-electron chi connectivity index (χ4n) is 1.80. The molecule has 0 radical (unpaired) electrons. The van der Waals surface area contributed by atoms with E-state index in [1.165, 1.54) is 0 Å². The second kappa shape index (κ2) is 5.98. The Morgan fingerprint density at radius 1 is 1.64 bits per heavy atom. The van der Waals surface area contributed by atoms with Crippen molar-refractivity contribution in [3.8, 4) is 0 Å². The topological polar surface area (TPSA) is 41.6 Å². The van der Waals surface area contributed by atoms with Crippen molar-refractivity contribution in [1.29, 1.82) is 0 Å². The lowest BCUT2D eigenvalue weighted by Gasteiger charge is -2.28. The molecule has 0 aliphatic carbocycles. The maximum atomic E-state index is 11.6. The molecule has 82 valence electrons. The third-order valence-electron chi connectivity index (χ3n) is 2.60. The van der Waals surface area contributed by atoms with E-state index in [2.05, 4.69) is 17.3 Å². The lowest BCUT2D eigenvalue weighted by atomic mass is 9.98. The Hall–Kier alpha value is -0.610. The molecule has 1 fully saturated rings. The maximum Gasteiger partial charge on any atom is 0.224 e. The highest BCUT2D eigenvalue weighted by Crippen LogP contribution is 2.14. The van der Waals surface area contributed by atoms with Crippen LogP contribution in [-0.2, 0) is 9.53 Å². The molecule has 0 spiro atoms. The van der Waals surface area contributed by atoms with Crippen LogP contribution in [-0.4, -0.2) is 51.2 Å². The Bertz CT molecular complexity index is 185. The van der Waals surface area contributed by atoms with Gasteiger partial charge in [0.15, 0.2) is 0 Å². The van der Waals surface area contributed by atoms with Crippen molar-refractivity contribution in [2.24, 2.45) is 5.92 Å². The summed E-state index contributed by atoms with van der Waals surface area (Å²) in [5.41, 5.74) is 0. The average Bonchev–Trinajstić information content (AvgIpc) is 2.18. The minimum absolute atomic E-state index is 0.172. The zero-order valence-corrected chi connectivity index (χ0v) is 9.08. The molecule has 4 heteroatoms. The minimum atomic E-state index is 0.172. The molecule has 14 heavy (non-hydrogen) atoms. The van der Waals surface area contributed by atoms with Crippen LogP contribution in [0.3, 0.4) is 0 Å². The smallest absolute Gasteiger partial charge is 0.224 e. The van der Waals surface area contributed by atoms with Gasteiger partial charge in [0.05, 0.1) is 12.5 Å². The Balaban J connectivity index is 2.22. The molecule has 0 aromatic rings. The number of hydrogen-bond donors (Lipinski definition) is 1. The van der Waals surface area contributed by atoms with Gasteiger partial charge in [-0.25, -0.2) is 0 Å². The van der Waals surface area contributed by atoms with Gasteiger partial charge in [-0.3, -0.25) is 4.79 Å². The van der Waals surface area contributed by atoms with E-state index in [1.54, 1.807) is 7.11 Å². The van der Waals surface area contributed by atoms with Crippen molar-refractivity contribution >= 4 is 5.91 Å². The molecule has 1 aliphatic rings. The van der Waals surface area contributed by atoms with E-state index in [0.717, 1.165) is 25.9 Å². The first kappa shape index (κ1) is 11.5. The van der Waals surface area contributed by atoms with Gasteiger partial charge in [0.25, 0.3) is 0 Å². The Morgan fingerprint density at radius 2 is 2.43 bits per heavy atom. The van der Waals surface area contributed by atoms with E-state index < -0.39 is 0 Å². The number of likely N-dealkylation sites (tertiary alicyclic amines) is 1. The van der Waals surface area contributed by atoms with Gasteiger partial charge in [-0.15, -0.1) is 0 Å². The molecular formula is C10H20N2O2. The van der Waals surface area contributed by atoms with E-state index in [9.17, 15) is 4.79 Å². The molecule has 1 heterocycles. The SMILES string of the molecule is COCCNC(=O)C1CCCN(C)C1. The van der Waals surface area contributed by atoms with E-state index in [4.69, 9.17) is 4.74 Å². The number of hydrogen-bond acceptors (Lipinski definition) is 3. The molecule has 0 aromatic heterocycles. The number of ether oxygens (including phenoxy) is 1. The highest BCUT2D eigenvalue weighted by Gasteiger charge is 2.23. The standard InChI is InChI=1S/C10H20N2O2/c1-12-6-3-4-9(8-12)10(13)11-5-7-14-2/h9H,3-8H2,1-2H3,(H,11,13). The van der Waals surface area contributed by atoms with Crippen LogP contribution in [0.15, 0.2) is 0 Å². The van der Waals surface area contributed by atoms with E-state index >= 15 is 0 Å². The summed E-state index contributed by atoms with van der Waals surface area (Å²) < 4.78 is 4.88. The van der Waals surface area contributed by atoms with Crippen molar-refractivity contribution in [3.63, 3.8) is 0 Å². The van der Waals surface area contributed by atoms with Crippen LogP contribution in [0, 0.1) is 5.92 Å². The molecule has 1 aliphatic heterocycles. The quantitative estimate of drug-likeness (QED) is 0.654. The third kappa shape index (κ3) is 3.64. The molecule has 1 rings (SSSR count). The predicted molar refractivity (Wildman–Crippen MR) is 55.1 cm³/mol. The summed E-state index contributed by atoms with van der Waals surface area (Å²) >= 11 is 0. The van der Waals surface area contributed by atoms with Crippen molar-refractivity contribution in [1.82, 2.24) is 10.2 Å². The van der Waals surface area contributed by atoms with Crippen LogP contribution in [0.1, 0.15) is 12.8 Å². The van der Waals surface area contributed by atoms with Gasteiger partial charge in [-0.2, -0.15) is 0 Å². The zero-order chi connectivity index (χ0) is 10.4. The summed E-state index contributed by atoms with van der Waals surface area (Å²) in [6.45, 7) is 3.21. The largest absolute Gasteiger partial charge is 0.383 e. The van der Waals surface area contributed by atoms with E-state index in [0.29, 0.717) is 13.2 Å². The summed E-state index contributed by atoms with van der Waals surface area (Å²) in [5, 5.41) is 2.88. The van der Waals surface area contributed by atoms with Crippen LogP contribution < -0.4 is 5.32 Å². The van der Waals surface area contributed by atoms with Gasteiger partial charge < -0.3 is 15.0 Å². The summed E-state index contributed by atoms with van der Waals surface area (Å²) in [5.74, 6) is 0.346. The highest BCUT2D eigenvalue weighted by atomic mass is 16.5. The van der Waals surface area contributed by atoms with Crippen molar-refractivity contribution < 1.29 is 9.53 Å². The minimum Gasteiger partial charge on any atom is -0.383 e. The molecule has 1 amide bonds. The summed E-state index contributed by atoms with van der Waals surface area (Å²) in [6, 6.07) is 0. The summed E-state index contributed by atoms with van der Waals surface area (Å²) in [6.07, 6.45) is 2.14. The van der Waals surface area contributed by atoms with Crippen molar-refractivity contribution in [3.05, 3.63) is 0 Å². The van der Waals surface area contributed by atoms with Crippen LogP contribution in [0.25, 0.3) is 0 Å². The molecule has 0 aromatic carbocycles. The van der Waals surface area contributed by atoms with Gasteiger partial charge in [-0.1, -0.05) is 0 Å². The van der Waals surface area contributed by atoms with Crippen LogP contribution in [0.5, 0.6) is 0 Å². The van der Waals surface area contributed by atoms with Gasteiger partial charge in [0.2, 0.25) is 5.91 Å². The molecule has 0 bridgehead atoms. The lowest BCUT2D eigenvalue weighted by Crippen LogP contribution is -2.42. The van der Waals surface area contributed by atoms with E-state index in [-0.39, 0.29) is 11.8 Å². The summed E-state index contributed by atoms with van der Waals surface area (Å²) in [4.78, 5) is 13.8. The van der Waals surface area contributed by atoms with Gasteiger partial charge in [0.1, 0.15) is 0 Å². The van der Waals surface area contributed by atoms with Crippen LogP contribution >= 0.6 is 0 Å². The van der Waals surface area contributed by atoms with Crippen LogP contribution in [0.2, 0.25) is 0 Å². The number of amides is 1. The maximum absolute atomic E-state index is 11.6. The predicted octanol–water partition coefficient (Wildman–Crippen LogP) is 0.0908. The van der Waals surface area contributed by atoms with Gasteiger partial charge in [0, 0.05) is 20.2 Å². The first-order chi connectivity index (χ1) is 6.74. The molecule has 1 saturated heterocycles.